The van der Waals surface area contributed by atoms with Crippen LogP contribution < -0.4 is 9.47 Å². The largest absolute Gasteiger partial charge is 0.493 e. The van der Waals surface area contributed by atoms with Gasteiger partial charge in [0.05, 0.1) is 14.2 Å². The van der Waals surface area contributed by atoms with E-state index in [2.05, 4.69) is 37.8 Å². The smallest absolute Gasteiger partial charge is 0.171 e. The van der Waals surface area contributed by atoms with Gasteiger partial charge in [-0.25, -0.2) is 4.58 Å². The third-order valence-electron chi connectivity index (χ3n) is 3.56. The Hall–Kier alpha value is -1.51. The first-order valence-corrected chi connectivity index (χ1v) is 5.80. The Bertz CT molecular complexity index is 475. The van der Waals surface area contributed by atoms with Crippen LogP contribution in [0.5, 0.6) is 11.5 Å². The lowest BCUT2D eigenvalue weighted by atomic mass is 9.88. The molecular formula is C14H20NO2+. The zero-order valence-corrected chi connectivity index (χ0v) is 11.2. The van der Waals surface area contributed by atoms with Crippen molar-refractivity contribution in [2.75, 3.05) is 21.3 Å². The second kappa shape index (κ2) is 4.06. The summed E-state index contributed by atoms with van der Waals surface area (Å²) in [7, 11) is 5.45. The molecule has 1 aliphatic rings. The zero-order valence-electron chi connectivity index (χ0n) is 11.2. The van der Waals surface area contributed by atoms with E-state index < -0.39 is 0 Å². The average molecular weight is 234 g/mol. The first kappa shape index (κ1) is 12.0. The van der Waals surface area contributed by atoms with E-state index in [1.165, 1.54) is 11.1 Å². The van der Waals surface area contributed by atoms with E-state index in [-0.39, 0.29) is 5.54 Å². The molecule has 0 amide bonds. The monoisotopic (exact) mass is 234 g/mol. The summed E-state index contributed by atoms with van der Waals surface area (Å²) in [5.74, 6) is 1.59. The molecule has 17 heavy (non-hydrogen) atoms. The van der Waals surface area contributed by atoms with E-state index in [1.807, 2.05) is 6.07 Å². The van der Waals surface area contributed by atoms with Crippen molar-refractivity contribution in [2.24, 2.45) is 0 Å². The normalized spacial score (nSPS) is 17.1. The molecule has 0 unspecified atom stereocenters. The van der Waals surface area contributed by atoms with Crippen LogP contribution >= 0.6 is 0 Å². The molecule has 3 heteroatoms. The van der Waals surface area contributed by atoms with Gasteiger partial charge in [0.1, 0.15) is 7.05 Å². The van der Waals surface area contributed by atoms with Crippen LogP contribution in [0.3, 0.4) is 0 Å². The summed E-state index contributed by atoms with van der Waals surface area (Å²) >= 11 is 0. The maximum Gasteiger partial charge on any atom is 0.171 e. The van der Waals surface area contributed by atoms with Crippen LogP contribution in [-0.2, 0) is 6.42 Å². The molecule has 0 spiro atoms. The minimum Gasteiger partial charge on any atom is -0.493 e. The summed E-state index contributed by atoms with van der Waals surface area (Å²) in [5, 5.41) is 0. The van der Waals surface area contributed by atoms with Crippen molar-refractivity contribution in [1.82, 2.24) is 0 Å². The quantitative estimate of drug-likeness (QED) is 0.731. The van der Waals surface area contributed by atoms with Crippen molar-refractivity contribution in [3.63, 3.8) is 0 Å². The predicted octanol–water partition coefficient (Wildman–Crippen LogP) is 2.10. The Morgan fingerprint density at radius 1 is 1.12 bits per heavy atom. The van der Waals surface area contributed by atoms with Crippen LogP contribution in [0.2, 0.25) is 0 Å². The number of ether oxygens (including phenoxy) is 2. The molecule has 1 aromatic rings. The Labute approximate surface area is 103 Å². The number of methoxy groups -OCH3 is 2. The molecule has 2 rings (SSSR count). The second-order valence-electron chi connectivity index (χ2n) is 5.14. The molecule has 0 bridgehead atoms. The summed E-state index contributed by atoms with van der Waals surface area (Å²) in [6.45, 7) is 4.48. The number of hydrogen-bond acceptors (Lipinski definition) is 2. The molecule has 3 nitrogen and oxygen atoms in total. The van der Waals surface area contributed by atoms with Gasteiger partial charge in [0.25, 0.3) is 0 Å². The first-order chi connectivity index (χ1) is 7.97. The number of likely N-dealkylation sites (N-methyl/N-ethyl adjacent to an activating group) is 1. The lowest BCUT2D eigenvalue weighted by Crippen LogP contribution is -2.40. The molecule has 1 heterocycles. The second-order valence-corrected chi connectivity index (χ2v) is 5.14. The topological polar surface area (TPSA) is 21.5 Å². The van der Waals surface area contributed by atoms with E-state index in [0.717, 1.165) is 17.9 Å². The van der Waals surface area contributed by atoms with Gasteiger partial charge in [-0.2, -0.15) is 0 Å². The minimum atomic E-state index is 0.145. The summed E-state index contributed by atoms with van der Waals surface area (Å²) in [6.07, 6.45) is 3.18. The van der Waals surface area contributed by atoms with Gasteiger partial charge in [-0.1, -0.05) is 0 Å². The molecule has 0 fully saturated rings. The van der Waals surface area contributed by atoms with Gasteiger partial charge in [0, 0.05) is 25.8 Å². The third kappa shape index (κ3) is 2.02. The van der Waals surface area contributed by atoms with Crippen LogP contribution in [0, 0.1) is 0 Å². The molecule has 0 saturated heterocycles. The highest BCUT2D eigenvalue weighted by atomic mass is 16.5. The van der Waals surface area contributed by atoms with E-state index in [9.17, 15) is 0 Å². The van der Waals surface area contributed by atoms with Crippen molar-refractivity contribution in [1.29, 1.82) is 0 Å². The maximum absolute atomic E-state index is 5.34. The van der Waals surface area contributed by atoms with E-state index in [0.29, 0.717) is 0 Å². The van der Waals surface area contributed by atoms with Gasteiger partial charge in [-0.3, -0.25) is 0 Å². The molecule has 92 valence electrons. The number of benzene rings is 1. The van der Waals surface area contributed by atoms with Crippen LogP contribution in [0.1, 0.15) is 25.0 Å². The molecule has 0 aliphatic carbocycles. The number of nitrogens with zero attached hydrogens (tertiary/aromatic N) is 1. The van der Waals surface area contributed by atoms with Crippen molar-refractivity contribution >= 4 is 6.21 Å². The van der Waals surface area contributed by atoms with Crippen molar-refractivity contribution in [3.05, 3.63) is 23.3 Å². The molecule has 0 aromatic heterocycles. The van der Waals surface area contributed by atoms with Gasteiger partial charge in [0.15, 0.2) is 23.3 Å². The molecule has 0 N–H and O–H groups in total. The van der Waals surface area contributed by atoms with E-state index >= 15 is 0 Å². The van der Waals surface area contributed by atoms with Crippen LogP contribution in [0.4, 0.5) is 0 Å². The van der Waals surface area contributed by atoms with Crippen LogP contribution in [0.25, 0.3) is 0 Å². The van der Waals surface area contributed by atoms with Crippen LogP contribution in [0.15, 0.2) is 12.1 Å². The van der Waals surface area contributed by atoms with Gasteiger partial charge >= 0.3 is 0 Å². The van der Waals surface area contributed by atoms with Crippen molar-refractivity contribution < 1.29 is 14.0 Å². The Balaban J connectivity index is 2.55. The Morgan fingerprint density at radius 3 is 2.29 bits per heavy atom. The molecular weight excluding hydrogens is 214 g/mol. The van der Waals surface area contributed by atoms with Gasteiger partial charge in [-0.15, -0.1) is 0 Å². The molecule has 1 aliphatic heterocycles. The van der Waals surface area contributed by atoms with Gasteiger partial charge in [0.2, 0.25) is 0 Å². The van der Waals surface area contributed by atoms with Gasteiger partial charge in [-0.05, 0) is 17.7 Å². The average Bonchev–Trinajstić information content (AvgIpc) is 2.28. The Morgan fingerprint density at radius 2 is 1.71 bits per heavy atom. The number of fused-ring (bicyclic) bond motifs is 1. The summed E-state index contributed by atoms with van der Waals surface area (Å²) in [5.41, 5.74) is 2.67. The lowest BCUT2D eigenvalue weighted by Gasteiger charge is -2.26. The summed E-state index contributed by atoms with van der Waals surface area (Å²) < 4.78 is 12.9. The first-order valence-electron chi connectivity index (χ1n) is 5.80. The highest BCUT2D eigenvalue weighted by molar-refractivity contribution is 5.81. The highest BCUT2D eigenvalue weighted by Crippen LogP contribution is 2.33. The van der Waals surface area contributed by atoms with Crippen molar-refractivity contribution in [3.8, 4) is 11.5 Å². The number of rotatable bonds is 2. The molecule has 1 aromatic carbocycles. The molecule has 0 atom stereocenters. The fraction of sp³-hybridized carbons (Fsp3) is 0.500. The lowest BCUT2D eigenvalue weighted by molar-refractivity contribution is -0.572. The zero-order chi connectivity index (χ0) is 12.6. The fourth-order valence-corrected chi connectivity index (χ4v) is 2.18. The van der Waals surface area contributed by atoms with E-state index in [4.69, 9.17) is 9.47 Å². The highest BCUT2D eigenvalue weighted by Gasteiger charge is 2.33. The summed E-state index contributed by atoms with van der Waals surface area (Å²) in [6, 6.07) is 4.12. The van der Waals surface area contributed by atoms with Crippen molar-refractivity contribution in [2.45, 2.75) is 25.8 Å². The van der Waals surface area contributed by atoms with Gasteiger partial charge < -0.3 is 9.47 Å². The van der Waals surface area contributed by atoms with E-state index in [1.54, 1.807) is 14.2 Å². The Kier molecular flexibility index (Phi) is 2.86. The SMILES string of the molecule is COc1cc2c(cc1OC)CC(C)(C)[N+](C)=C2. The van der Waals surface area contributed by atoms with Crippen LogP contribution in [-0.4, -0.2) is 37.6 Å². The minimum absolute atomic E-state index is 0.145. The fourth-order valence-electron chi connectivity index (χ4n) is 2.18. The molecule has 0 saturated carbocycles. The summed E-state index contributed by atoms with van der Waals surface area (Å²) in [4.78, 5) is 0. The predicted molar refractivity (Wildman–Crippen MR) is 68.7 cm³/mol. The molecule has 0 radical (unpaired) electrons. The number of hydrogen-bond donors (Lipinski definition) is 0. The maximum atomic E-state index is 5.34. The third-order valence-corrected chi connectivity index (χ3v) is 3.56. The standard InChI is InChI=1S/C14H20NO2/c1-14(2)8-10-6-12(16-4)13(17-5)7-11(10)9-15(14)3/h6-7,9H,8H2,1-5H3/q+1.